The highest BCUT2D eigenvalue weighted by Crippen LogP contribution is 2.31. The van der Waals surface area contributed by atoms with Gasteiger partial charge in [-0.3, -0.25) is 9.69 Å². The van der Waals surface area contributed by atoms with Crippen LogP contribution in [0.2, 0.25) is 10.0 Å². The lowest BCUT2D eigenvalue weighted by Crippen LogP contribution is -2.41. The Hall–Kier alpha value is -2.51. The minimum Gasteiger partial charge on any atom is -0.449 e. The first-order valence-electron chi connectivity index (χ1n) is 7.72. The largest absolute Gasteiger partial charge is 0.449 e. The summed E-state index contributed by atoms with van der Waals surface area (Å²) >= 11 is 12.0. The number of nitrogens with zero attached hydrogens (tertiary/aromatic N) is 1. The Labute approximate surface area is 158 Å². The first-order valence-corrected chi connectivity index (χ1v) is 8.48. The zero-order valence-electron chi connectivity index (χ0n) is 13.6. The van der Waals surface area contributed by atoms with Crippen LogP contribution in [0.4, 0.5) is 4.79 Å². The van der Waals surface area contributed by atoms with E-state index in [1.807, 2.05) is 0 Å². The Morgan fingerprint density at radius 2 is 2.04 bits per heavy atom. The molecule has 1 aromatic carbocycles. The van der Waals surface area contributed by atoms with Gasteiger partial charge in [-0.15, -0.1) is 0 Å². The quantitative estimate of drug-likeness (QED) is 0.800. The van der Waals surface area contributed by atoms with Gasteiger partial charge in [0.25, 0.3) is 5.91 Å². The van der Waals surface area contributed by atoms with Crippen molar-refractivity contribution in [1.29, 1.82) is 0 Å². The Bertz CT molecular complexity index is 880. The first-order chi connectivity index (χ1) is 12.4. The second kappa shape index (κ2) is 7.39. The molecule has 1 fully saturated rings. The number of urea groups is 1. The van der Waals surface area contributed by atoms with Crippen LogP contribution in [0.3, 0.4) is 0 Å². The van der Waals surface area contributed by atoms with Gasteiger partial charge in [-0.1, -0.05) is 23.2 Å². The Balaban J connectivity index is 1.70. The van der Waals surface area contributed by atoms with Gasteiger partial charge < -0.3 is 14.5 Å². The topological polar surface area (TPSA) is 88.8 Å². The summed E-state index contributed by atoms with van der Waals surface area (Å²) in [6.07, 6.45) is -1.13. The molecular weight excluding hydrogens is 383 g/mol. The summed E-state index contributed by atoms with van der Waals surface area (Å²) in [5.41, 5.74) is 0.563. The van der Waals surface area contributed by atoms with Gasteiger partial charge in [0.1, 0.15) is 5.76 Å². The van der Waals surface area contributed by atoms with E-state index in [1.165, 1.54) is 13.0 Å². The second-order valence-electron chi connectivity index (χ2n) is 5.56. The highest BCUT2D eigenvalue weighted by atomic mass is 35.5. The molecule has 1 atom stereocenters. The lowest BCUT2D eigenvalue weighted by atomic mass is 10.2. The standard InChI is InChI=1S/C17H14Cl2N2O5/c1-9(15(22)21-7-6-20-17(21)24)25-16(23)14-5-4-13(26-14)11-3-2-10(18)8-12(11)19/h2-5,8-9H,6-7H2,1H3,(H,20,24)/t9-/m0/s1. The number of furan rings is 1. The molecule has 3 amide bonds. The van der Waals surface area contributed by atoms with E-state index < -0.39 is 24.0 Å². The van der Waals surface area contributed by atoms with Crippen molar-refractivity contribution in [3.05, 3.63) is 46.1 Å². The van der Waals surface area contributed by atoms with E-state index in [0.717, 1.165) is 4.90 Å². The van der Waals surface area contributed by atoms with E-state index in [1.54, 1.807) is 24.3 Å². The number of esters is 1. The summed E-state index contributed by atoms with van der Waals surface area (Å²) in [6, 6.07) is 7.34. The molecule has 2 aromatic rings. The van der Waals surface area contributed by atoms with Crippen LogP contribution in [-0.2, 0) is 9.53 Å². The van der Waals surface area contributed by atoms with E-state index in [0.29, 0.717) is 27.9 Å². The van der Waals surface area contributed by atoms with Crippen molar-refractivity contribution in [3.8, 4) is 11.3 Å². The van der Waals surface area contributed by atoms with Gasteiger partial charge in [0.15, 0.2) is 6.10 Å². The molecule has 136 valence electrons. The lowest BCUT2D eigenvalue weighted by Gasteiger charge is -2.17. The van der Waals surface area contributed by atoms with Gasteiger partial charge in [-0.05, 0) is 37.3 Å². The SMILES string of the molecule is C[C@H](OC(=O)c1ccc(-c2ccc(Cl)cc2Cl)o1)C(=O)N1CCNC1=O. The number of hydrogen-bond donors (Lipinski definition) is 1. The molecule has 7 nitrogen and oxygen atoms in total. The van der Waals surface area contributed by atoms with Crippen molar-refractivity contribution in [3.63, 3.8) is 0 Å². The molecule has 1 aliphatic rings. The van der Waals surface area contributed by atoms with Crippen molar-refractivity contribution in [1.82, 2.24) is 10.2 Å². The van der Waals surface area contributed by atoms with Gasteiger partial charge in [-0.2, -0.15) is 0 Å². The van der Waals surface area contributed by atoms with Crippen LogP contribution in [0.25, 0.3) is 11.3 Å². The number of carbonyl (C=O) groups excluding carboxylic acids is 3. The monoisotopic (exact) mass is 396 g/mol. The molecule has 9 heteroatoms. The van der Waals surface area contributed by atoms with E-state index >= 15 is 0 Å². The maximum Gasteiger partial charge on any atom is 0.375 e. The molecular formula is C17H14Cl2N2O5. The van der Waals surface area contributed by atoms with Crippen molar-refractivity contribution < 1.29 is 23.5 Å². The van der Waals surface area contributed by atoms with Crippen LogP contribution in [0.5, 0.6) is 0 Å². The average Bonchev–Trinajstić information content (AvgIpc) is 3.23. The molecule has 0 bridgehead atoms. The number of rotatable bonds is 4. The third kappa shape index (κ3) is 3.68. The van der Waals surface area contributed by atoms with Crippen LogP contribution in [-0.4, -0.2) is 42.0 Å². The number of halogens is 2. The van der Waals surface area contributed by atoms with Gasteiger partial charge in [-0.25, -0.2) is 9.59 Å². The first kappa shape index (κ1) is 18.3. The fraction of sp³-hybridized carbons (Fsp3) is 0.235. The minimum atomic E-state index is -1.13. The van der Waals surface area contributed by atoms with E-state index in [-0.39, 0.29) is 12.3 Å². The van der Waals surface area contributed by atoms with Crippen LogP contribution >= 0.6 is 23.2 Å². The summed E-state index contributed by atoms with van der Waals surface area (Å²) in [7, 11) is 0. The molecule has 1 aliphatic heterocycles. The molecule has 0 aliphatic carbocycles. The highest BCUT2D eigenvalue weighted by Gasteiger charge is 2.32. The van der Waals surface area contributed by atoms with Gasteiger partial charge in [0.2, 0.25) is 5.76 Å². The third-order valence-electron chi connectivity index (χ3n) is 3.76. The molecule has 0 radical (unpaired) electrons. The van der Waals surface area contributed by atoms with Crippen LogP contribution < -0.4 is 5.32 Å². The summed E-state index contributed by atoms with van der Waals surface area (Å²) in [5.74, 6) is -1.14. The van der Waals surface area contributed by atoms with Gasteiger partial charge in [0, 0.05) is 23.7 Å². The fourth-order valence-corrected chi connectivity index (χ4v) is 2.95. The number of amides is 3. The molecule has 0 unspecified atom stereocenters. The maximum atomic E-state index is 12.2. The molecule has 1 aromatic heterocycles. The highest BCUT2D eigenvalue weighted by molar-refractivity contribution is 6.36. The predicted molar refractivity (Wildman–Crippen MR) is 94.2 cm³/mol. The number of benzene rings is 1. The Morgan fingerprint density at radius 3 is 2.69 bits per heavy atom. The van der Waals surface area contributed by atoms with E-state index in [4.69, 9.17) is 32.4 Å². The lowest BCUT2D eigenvalue weighted by molar-refractivity contribution is -0.136. The Kier molecular flexibility index (Phi) is 5.20. The molecule has 3 rings (SSSR count). The zero-order chi connectivity index (χ0) is 18.8. The smallest absolute Gasteiger partial charge is 0.375 e. The number of ether oxygens (including phenoxy) is 1. The molecule has 0 saturated carbocycles. The normalized spacial score (nSPS) is 14.9. The van der Waals surface area contributed by atoms with Crippen molar-refractivity contribution in [2.75, 3.05) is 13.1 Å². The summed E-state index contributed by atoms with van der Waals surface area (Å²) in [6.45, 7) is 2.00. The van der Waals surface area contributed by atoms with Crippen LogP contribution in [0.1, 0.15) is 17.5 Å². The van der Waals surface area contributed by atoms with E-state index in [9.17, 15) is 14.4 Å². The second-order valence-corrected chi connectivity index (χ2v) is 6.40. The van der Waals surface area contributed by atoms with Gasteiger partial charge in [0.05, 0.1) is 5.02 Å². The van der Waals surface area contributed by atoms with Crippen LogP contribution in [0, 0.1) is 0 Å². The Morgan fingerprint density at radius 1 is 1.27 bits per heavy atom. The number of carbonyl (C=O) groups is 3. The van der Waals surface area contributed by atoms with Crippen molar-refractivity contribution in [2.45, 2.75) is 13.0 Å². The predicted octanol–water partition coefficient (Wildman–Crippen LogP) is 3.35. The molecule has 2 heterocycles. The number of hydrogen-bond acceptors (Lipinski definition) is 5. The van der Waals surface area contributed by atoms with Crippen molar-refractivity contribution >= 4 is 41.1 Å². The van der Waals surface area contributed by atoms with Crippen molar-refractivity contribution in [2.24, 2.45) is 0 Å². The summed E-state index contributed by atoms with van der Waals surface area (Å²) in [5, 5.41) is 3.35. The maximum absolute atomic E-state index is 12.2. The molecule has 1 saturated heterocycles. The van der Waals surface area contributed by atoms with Crippen LogP contribution in [0.15, 0.2) is 34.7 Å². The molecule has 26 heavy (non-hydrogen) atoms. The third-order valence-corrected chi connectivity index (χ3v) is 4.31. The molecule has 1 N–H and O–H groups in total. The minimum absolute atomic E-state index is 0.0865. The summed E-state index contributed by atoms with van der Waals surface area (Å²) < 4.78 is 10.6. The zero-order valence-corrected chi connectivity index (χ0v) is 15.1. The molecule has 0 spiro atoms. The summed E-state index contributed by atoms with van der Waals surface area (Å²) in [4.78, 5) is 36.9. The average molecular weight is 397 g/mol. The van der Waals surface area contributed by atoms with E-state index in [2.05, 4.69) is 5.32 Å². The van der Waals surface area contributed by atoms with Gasteiger partial charge >= 0.3 is 12.0 Å². The fourth-order valence-electron chi connectivity index (χ4n) is 2.45. The number of imide groups is 1. The number of nitrogens with one attached hydrogen (secondary N) is 1.